The Morgan fingerprint density at radius 2 is 2.06 bits per heavy atom. The van der Waals surface area contributed by atoms with E-state index in [0.29, 0.717) is 0 Å². The number of hydrogen-bond acceptors (Lipinski definition) is 2. The Morgan fingerprint density at radius 1 is 1.44 bits per heavy atom. The molecule has 1 aromatic carbocycles. The van der Waals surface area contributed by atoms with Crippen LogP contribution in [0, 0.1) is 18.3 Å². The molecule has 0 bridgehead atoms. The lowest BCUT2D eigenvalue weighted by Crippen LogP contribution is -2.10. The predicted molar refractivity (Wildman–Crippen MR) is 51.3 cm³/mol. The number of nitriles is 1. The van der Waals surface area contributed by atoms with Crippen LogP contribution < -0.4 is 0 Å². The quantitative estimate of drug-likeness (QED) is 0.845. The number of aliphatic hydroxyl groups is 1. The van der Waals surface area contributed by atoms with Crippen LogP contribution >= 0.6 is 0 Å². The van der Waals surface area contributed by atoms with Crippen molar-refractivity contribution in [2.75, 3.05) is 6.61 Å². The average Bonchev–Trinajstić information content (AvgIpc) is 2.26. The second-order valence-electron chi connectivity index (χ2n) is 3.29. The van der Waals surface area contributed by atoms with Crippen molar-refractivity contribution in [3.8, 4) is 6.07 Å². The molecule has 1 radical (unpaired) electrons. The summed E-state index contributed by atoms with van der Waals surface area (Å²) >= 11 is 0. The van der Waals surface area contributed by atoms with Gasteiger partial charge in [-0.15, -0.1) is 0 Å². The SMILES string of the molecule is [CH2]C(CO)c1ccc(C#N)c(C(F)(F)F)c1. The lowest BCUT2D eigenvalue weighted by molar-refractivity contribution is -0.137. The maximum atomic E-state index is 12.5. The predicted octanol–water partition coefficient (Wildman–Crippen LogP) is 2.49. The summed E-state index contributed by atoms with van der Waals surface area (Å²) in [5.41, 5.74) is -1.16. The van der Waals surface area contributed by atoms with Crippen molar-refractivity contribution in [3.63, 3.8) is 0 Å². The zero-order valence-corrected chi connectivity index (χ0v) is 8.25. The summed E-state index contributed by atoms with van der Waals surface area (Å²) in [6, 6.07) is 4.79. The second-order valence-corrected chi connectivity index (χ2v) is 3.29. The maximum absolute atomic E-state index is 12.5. The molecule has 85 valence electrons. The summed E-state index contributed by atoms with van der Waals surface area (Å²) in [6.45, 7) is 3.16. The largest absolute Gasteiger partial charge is 0.417 e. The number of halogens is 3. The lowest BCUT2D eigenvalue weighted by atomic mass is 9.97. The Hall–Kier alpha value is -1.54. The number of nitrogens with zero attached hydrogens (tertiary/aromatic N) is 1. The van der Waals surface area contributed by atoms with Gasteiger partial charge in [-0.2, -0.15) is 18.4 Å². The fourth-order valence-corrected chi connectivity index (χ4v) is 1.25. The Morgan fingerprint density at radius 3 is 2.50 bits per heavy atom. The van der Waals surface area contributed by atoms with Gasteiger partial charge in [-0.05, 0) is 24.6 Å². The van der Waals surface area contributed by atoms with E-state index in [1.54, 1.807) is 0 Å². The van der Waals surface area contributed by atoms with Crippen molar-refractivity contribution >= 4 is 0 Å². The molecule has 5 heteroatoms. The van der Waals surface area contributed by atoms with E-state index >= 15 is 0 Å². The molecule has 1 unspecified atom stereocenters. The molecule has 0 fully saturated rings. The molecule has 0 amide bonds. The number of rotatable bonds is 2. The van der Waals surface area contributed by atoms with Gasteiger partial charge in [0.15, 0.2) is 0 Å². The Bertz CT molecular complexity index is 420. The summed E-state index contributed by atoms with van der Waals surface area (Å²) in [4.78, 5) is 0. The van der Waals surface area contributed by atoms with Gasteiger partial charge in [0.1, 0.15) is 0 Å². The highest BCUT2D eigenvalue weighted by Crippen LogP contribution is 2.33. The van der Waals surface area contributed by atoms with Gasteiger partial charge in [-0.1, -0.05) is 6.07 Å². The van der Waals surface area contributed by atoms with E-state index in [2.05, 4.69) is 6.92 Å². The van der Waals surface area contributed by atoms with Crippen LogP contribution in [0.4, 0.5) is 13.2 Å². The van der Waals surface area contributed by atoms with Gasteiger partial charge in [0.2, 0.25) is 0 Å². The molecule has 0 aromatic heterocycles. The van der Waals surface area contributed by atoms with Crippen LogP contribution in [0.25, 0.3) is 0 Å². The van der Waals surface area contributed by atoms with E-state index < -0.39 is 23.2 Å². The number of aliphatic hydroxyl groups excluding tert-OH is 1. The zero-order chi connectivity index (χ0) is 12.3. The molecular weight excluding hydrogens is 219 g/mol. The summed E-state index contributed by atoms with van der Waals surface area (Å²) in [7, 11) is 0. The highest BCUT2D eigenvalue weighted by molar-refractivity contribution is 5.43. The van der Waals surface area contributed by atoms with E-state index in [0.717, 1.165) is 12.1 Å². The molecule has 0 aliphatic heterocycles. The van der Waals surface area contributed by atoms with Gasteiger partial charge in [0, 0.05) is 12.5 Å². The highest BCUT2D eigenvalue weighted by Gasteiger charge is 2.34. The van der Waals surface area contributed by atoms with Crippen LogP contribution in [-0.2, 0) is 6.18 Å². The fraction of sp³-hybridized carbons (Fsp3) is 0.273. The minimum absolute atomic E-state index is 0.258. The second kappa shape index (κ2) is 4.54. The molecule has 1 aromatic rings. The fourth-order valence-electron chi connectivity index (χ4n) is 1.25. The van der Waals surface area contributed by atoms with Crippen molar-refractivity contribution in [1.82, 2.24) is 0 Å². The topological polar surface area (TPSA) is 44.0 Å². The monoisotopic (exact) mass is 228 g/mol. The number of benzene rings is 1. The zero-order valence-electron chi connectivity index (χ0n) is 8.25. The van der Waals surface area contributed by atoms with Gasteiger partial charge < -0.3 is 5.11 Å². The molecule has 0 saturated carbocycles. The van der Waals surface area contributed by atoms with Crippen LogP contribution in [0.2, 0.25) is 0 Å². The van der Waals surface area contributed by atoms with E-state index in [1.807, 2.05) is 0 Å². The first kappa shape index (κ1) is 12.5. The summed E-state index contributed by atoms with van der Waals surface area (Å²) in [6.07, 6.45) is -4.57. The van der Waals surface area contributed by atoms with E-state index in [4.69, 9.17) is 10.4 Å². The number of hydrogen-bond donors (Lipinski definition) is 1. The van der Waals surface area contributed by atoms with Gasteiger partial charge in [0.05, 0.1) is 17.2 Å². The van der Waals surface area contributed by atoms with Crippen LogP contribution in [-0.4, -0.2) is 11.7 Å². The maximum Gasteiger partial charge on any atom is 0.417 e. The smallest absolute Gasteiger partial charge is 0.396 e. The molecule has 0 saturated heterocycles. The Kier molecular flexibility index (Phi) is 3.55. The van der Waals surface area contributed by atoms with Crippen molar-refractivity contribution in [1.29, 1.82) is 5.26 Å². The Labute approximate surface area is 90.9 Å². The third-order valence-electron chi connectivity index (χ3n) is 2.16. The molecule has 1 N–H and O–H groups in total. The van der Waals surface area contributed by atoms with Crippen molar-refractivity contribution in [2.24, 2.45) is 0 Å². The van der Waals surface area contributed by atoms with Gasteiger partial charge in [0.25, 0.3) is 0 Å². The molecule has 2 nitrogen and oxygen atoms in total. The highest BCUT2D eigenvalue weighted by atomic mass is 19.4. The normalized spacial score (nSPS) is 13.2. The number of alkyl halides is 3. The third-order valence-corrected chi connectivity index (χ3v) is 2.16. The summed E-state index contributed by atoms with van der Waals surface area (Å²) in [5, 5.41) is 17.4. The summed E-state index contributed by atoms with van der Waals surface area (Å²) in [5.74, 6) is -0.631. The van der Waals surface area contributed by atoms with Crippen molar-refractivity contribution in [2.45, 2.75) is 12.1 Å². The molecule has 0 aliphatic carbocycles. The van der Waals surface area contributed by atoms with Gasteiger partial charge in [-0.25, -0.2) is 0 Å². The van der Waals surface area contributed by atoms with Crippen molar-refractivity contribution in [3.05, 3.63) is 41.8 Å². The van der Waals surface area contributed by atoms with E-state index in [9.17, 15) is 13.2 Å². The minimum atomic E-state index is -4.57. The van der Waals surface area contributed by atoms with Crippen LogP contribution in [0.15, 0.2) is 18.2 Å². The molecule has 16 heavy (non-hydrogen) atoms. The minimum Gasteiger partial charge on any atom is -0.396 e. The van der Waals surface area contributed by atoms with E-state index in [1.165, 1.54) is 12.1 Å². The lowest BCUT2D eigenvalue weighted by Gasteiger charge is -2.13. The van der Waals surface area contributed by atoms with Gasteiger partial charge >= 0.3 is 6.18 Å². The van der Waals surface area contributed by atoms with Crippen LogP contribution in [0.1, 0.15) is 22.6 Å². The molecule has 1 atom stereocenters. The molecule has 0 spiro atoms. The standard InChI is InChI=1S/C11H9F3NO/c1-7(6-16)8-2-3-9(5-15)10(4-8)11(12,13)14/h2-4,7,16H,1,6H2. The molecular formula is C11H9F3NO. The molecule has 0 heterocycles. The molecule has 0 aliphatic rings. The third kappa shape index (κ3) is 2.52. The first-order valence-electron chi connectivity index (χ1n) is 4.45. The first-order chi connectivity index (χ1) is 7.40. The first-order valence-corrected chi connectivity index (χ1v) is 4.45. The summed E-state index contributed by atoms with van der Waals surface area (Å²) < 4.78 is 37.6. The Balaban J connectivity index is 3.29. The average molecular weight is 228 g/mol. The molecule has 1 rings (SSSR count). The van der Waals surface area contributed by atoms with Crippen LogP contribution in [0.3, 0.4) is 0 Å². The van der Waals surface area contributed by atoms with E-state index in [-0.39, 0.29) is 12.2 Å². The van der Waals surface area contributed by atoms with Crippen LogP contribution in [0.5, 0.6) is 0 Å². The van der Waals surface area contributed by atoms with Gasteiger partial charge in [-0.3, -0.25) is 0 Å². The van der Waals surface area contributed by atoms with Crippen molar-refractivity contribution < 1.29 is 18.3 Å².